The Morgan fingerprint density at radius 3 is 2.15 bits per heavy atom. The number of amides is 3. The van der Waals surface area contributed by atoms with Gasteiger partial charge in [0.2, 0.25) is 11.8 Å². The number of nitrogens with zero attached hydrogens (tertiary/aromatic N) is 2. The lowest BCUT2D eigenvalue weighted by Crippen LogP contribution is -2.54. The molecule has 0 spiro atoms. The van der Waals surface area contributed by atoms with Crippen molar-refractivity contribution in [1.29, 1.82) is 0 Å². The van der Waals surface area contributed by atoms with Crippen LogP contribution in [0.1, 0.15) is 35.3 Å². The van der Waals surface area contributed by atoms with E-state index in [0.717, 1.165) is 5.56 Å². The highest BCUT2D eigenvalue weighted by Gasteiger charge is 2.43. The summed E-state index contributed by atoms with van der Waals surface area (Å²) in [5.41, 5.74) is 1.16. The number of hydrogen-bond donors (Lipinski definition) is 1. The molecule has 0 unspecified atom stereocenters. The van der Waals surface area contributed by atoms with Crippen molar-refractivity contribution < 1.29 is 22.8 Å². The number of nitrogens with one attached hydrogen (secondary N) is 1. The molecule has 1 aliphatic rings. The molecule has 0 saturated heterocycles. The van der Waals surface area contributed by atoms with E-state index < -0.39 is 40.3 Å². The van der Waals surface area contributed by atoms with E-state index in [4.69, 9.17) is 23.2 Å². The van der Waals surface area contributed by atoms with E-state index in [1.807, 2.05) is 30.3 Å². The molecule has 11 heteroatoms. The molecular formula is C28H27Cl2N3O5S. The van der Waals surface area contributed by atoms with E-state index in [1.165, 1.54) is 23.1 Å². The van der Waals surface area contributed by atoms with E-state index in [9.17, 15) is 22.8 Å². The Balaban J connectivity index is 1.75. The fourth-order valence-electron chi connectivity index (χ4n) is 4.39. The Kier molecular flexibility index (Phi) is 8.64. The summed E-state index contributed by atoms with van der Waals surface area (Å²) in [7, 11) is -4.25. The predicted octanol–water partition coefficient (Wildman–Crippen LogP) is 4.30. The summed E-state index contributed by atoms with van der Waals surface area (Å²) in [6, 6.07) is 18.5. The van der Waals surface area contributed by atoms with E-state index in [1.54, 1.807) is 38.1 Å². The summed E-state index contributed by atoms with van der Waals surface area (Å²) in [6.07, 6.45) is 0.133. The Bertz CT molecular complexity index is 1490. The van der Waals surface area contributed by atoms with Crippen molar-refractivity contribution in [2.75, 3.05) is 6.54 Å². The van der Waals surface area contributed by atoms with Crippen LogP contribution in [-0.4, -0.2) is 54.0 Å². The smallest absolute Gasteiger partial charge is 0.269 e. The van der Waals surface area contributed by atoms with Crippen LogP contribution in [-0.2, 0) is 32.6 Å². The maximum absolute atomic E-state index is 13.9. The van der Waals surface area contributed by atoms with Gasteiger partial charge in [0.15, 0.2) is 0 Å². The summed E-state index contributed by atoms with van der Waals surface area (Å²) in [5, 5.41) is 3.40. The maximum atomic E-state index is 13.9. The summed E-state index contributed by atoms with van der Waals surface area (Å²) >= 11 is 12.8. The standard InChI is InChI=1S/C28H27Cl2N3O5S/c1-18(2)31-27(35)24(15-19-9-4-3-5-10-19)32(16-21-22(29)12-8-13-23(21)30)26(34)17-33-28(36)20-11-6-7-14-25(20)39(33,37)38/h3-14,18,24H,15-17H2,1-2H3,(H,31,35)/t24-/m0/s1. The quantitative estimate of drug-likeness (QED) is 0.402. The number of sulfonamides is 1. The van der Waals surface area contributed by atoms with Crippen molar-refractivity contribution in [3.8, 4) is 0 Å². The highest BCUT2D eigenvalue weighted by molar-refractivity contribution is 7.90. The van der Waals surface area contributed by atoms with Crippen LogP contribution in [0.3, 0.4) is 0 Å². The van der Waals surface area contributed by atoms with Gasteiger partial charge in [-0.25, -0.2) is 12.7 Å². The number of fused-ring (bicyclic) bond motifs is 1. The molecule has 1 atom stereocenters. The van der Waals surface area contributed by atoms with Crippen LogP contribution in [0.25, 0.3) is 0 Å². The average molecular weight is 589 g/mol. The van der Waals surface area contributed by atoms with Gasteiger partial charge in [0, 0.05) is 34.6 Å². The zero-order valence-electron chi connectivity index (χ0n) is 21.3. The number of hydrogen-bond acceptors (Lipinski definition) is 5. The van der Waals surface area contributed by atoms with Gasteiger partial charge < -0.3 is 10.2 Å². The number of carbonyl (C=O) groups excluding carboxylic acids is 3. The molecule has 3 aromatic rings. The molecule has 204 valence electrons. The zero-order chi connectivity index (χ0) is 28.3. The molecule has 1 aliphatic heterocycles. The summed E-state index contributed by atoms with van der Waals surface area (Å²) < 4.78 is 26.9. The highest BCUT2D eigenvalue weighted by atomic mass is 35.5. The first-order valence-corrected chi connectivity index (χ1v) is 14.4. The van der Waals surface area contributed by atoms with Crippen molar-refractivity contribution >= 4 is 50.9 Å². The topological polar surface area (TPSA) is 104 Å². The molecule has 1 N–H and O–H groups in total. The number of carbonyl (C=O) groups is 3. The molecule has 39 heavy (non-hydrogen) atoms. The number of rotatable bonds is 9. The minimum Gasteiger partial charge on any atom is -0.352 e. The second-order valence-electron chi connectivity index (χ2n) is 9.40. The lowest BCUT2D eigenvalue weighted by atomic mass is 10.0. The first kappa shape index (κ1) is 28.6. The first-order valence-electron chi connectivity index (χ1n) is 12.2. The van der Waals surface area contributed by atoms with Gasteiger partial charge in [0.25, 0.3) is 15.9 Å². The third-order valence-electron chi connectivity index (χ3n) is 6.28. The predicted molar refractivity (Wildman–Crippen MR) is 149 cm³/mol. The van der Waals surface area contributed by atoms with Gasteiger partial charge in [-0.15, -0.1) is 0 Å². The molecule has 0 saturated carbocycles. The fraction of sp³-hybridized carbons (Fsp3) is 0.250. The molecule has 0 bridgehead atoms. The third kappa shape index (κ3) is 6.11. The van der Waals surface area contributed by atoms with E-state index in [0.29, 0.717) is 9.87 Å². The first-order chi connectivity index (χ1) is 18.5. The Labute approximate surface area is 237 Å². The van der Waals surface area contributed by atoms with Crippen LogP contribution in [0, 0.1) is 0 Å². The number of benzene rings is 3. The van der Waals surface area contributed by atoms with Gasteiger partial charge >= 0.3 is 0 Å². The second kappa shape index (κ2) is 11.8. The van der Waals surface area contributed by atoms with Crippen LogP contribution in [0.2, 0.25) is 10.0 Å². The molecule has 0 radical (unpaired) electrons. The van der Waals surface area contributed by atoms with Gasteiger partial charge in [0.1, 0.15) is 17.5 Å². The molecule has 0 aromatic heterocycles. The van der Waals surface area contributed by atoms with Crippen molar-refractivity contribution in [3.63, 3.8) is 0 Å². The maximum Gasteiger partial charge on any atom is 0.269 e. The molecule has 0 fully saturated rings. The lowest BCUT2D eigenvalue weighted by Gasteiger charge is -2.33. The minimum absolute atomic E-state index is 0.00983. The normalized spacial score (nSPS) is 14.7. The van der Waals surface area contributed by atoms with Gasteiger partial charge in [-0.3, -0.25) is 14.4 Å². The number of halogens is 2. The molecule has 8 nitrogen and oxygen atoms in total. The van der Waals surface area contributed by atoms with Gasteiger partial charge in [-0.1, -0.05) is 71.7 Å². The highest BCUT2D eigenvalue weighted by Crippen LogP contribution is 2.31. The largest absolute Gasteiger partial charge is 0.352 e. The summed E-state index contributed by atoms with van der Waals surface area (Å²) in [5.74, 6) is -2.00. The molecule has 1 heterocycles. The van der Waals surface area contributed by atoms with E-state index in [-0.39, 0.29) is 39.5 Å². The second-order valence-corrected chi connectivity index (χ2v) is 12.0. The van der Waals surface area contributed by atoms with E-state index in [2.05, 4.69) is 5.32 Å². The molecular weight excluding hydrogens is 561 g/mol. The van der Waals surface area contributed by atoms with Crippen molar-refractivity contribution in [2.24, 2.45) is 0 Å². The van der Waals surface area contributed by atoms with Crippen molar-refractivity contribution in [2.45, 2.75) is 43.8 Å². The Morgan fingerprint density at radius 1 is 0.923 bits per heavy atom. The lowest BCUT2D eigenvalue weighted by molar-refractivity contribution is -0.141. The summed E-state index contributed by atoms with van der Waals surface area (Å²) in [4.78, 5) is 41.5. The van der Waals surface area contributed by atoms with Gasteiger partial charge in [-0.05, 0) is 43.7 Å². The van der Waals surface area contributed by atoms with E-state index >= 15 is 0 Å². The monoisotopic (exact) mass is 587 g/mol. The van der Waals surface area contributed by atoms with Gasteiger partial charge in [-0.2, -0.15) is 0 Å². The SMILES string of the molecule is CC(C)NC(=O)[C@H](Cc1ccccc1)N(Cc1c(Cl)cccc1Cl)C(=O)CN1C(=O)c2ccccc2S1(=O)=O. The zero-order valence-corrected chi connectivity index (χ0v) is 23.6. The van der Waals surface area contributed by atoms with Crippen LogP contribution in [0.4, 0.5) is 0 Å². The van der Waals surface area contributed by atoms with Crippen LogP contribution in [0.15, 0.2) is 77.7 Å². The molecule has 3 aromatic carbocycles. The van der Waals surface area contributed by atoms with Crippen LogP contribution < -0.4 is 5.32 Å². The summed E-state index contributed by atoms with van der Waals surface area (Å²) in [6.45, 7) is 2.61. The third-order valence-corrected chi connectivity index (χ3v) is 8.78. The molecule has 0 aliphatic carbocycles. The Hall–Kier alpha value is -3.40. The average Bonchev–Trinajstić information content (AvgIpc) is 3.08. The molecule has 3 amide bonds. The van der Waals surface area contributed by atoms with Crippen LogP contribution >= 0.6 is 23.2 Å². The van der Waals surface area contributed by atoms with Crippen molar-refractivity contribution in [3.05, 3.63) is 99.5 Å². The molecule has 4 rings (SSSR count). The minimum atomic E-state index is -4.25. The van der Waals surface area contributed by atoms with Crippen LogP contribution in [0.5, 0.6) is 0 Å². The van der Waals surface area contributed by atoms with Crippen molar-refractivity contribution in [1.82, 2.24) is 14.5 Å². The fourth-order valence-corrected chi connectivity index (χ4v) is 6.42. The Morgan fingerprint density at radius 2 is 1.54 bits per heavy atom. The van der Waals surface area contributed by atoms with Gasteiger partial charge in [0.05, 0.1) is 5.56 Å².